The molecule has 1 N–H and O–H groups in total. The Morgan fingerprint density at radius 2 is 1.84 bits per heavy atom. The molecule has 0 bridgehead atoms. The second-order valence-electron chi connectivity index (χ2n) is 4.94. The Labute approximate surface area is 114 Å². The van der Waals surface area contributed by atoms with Gasteiger partial charge in [-0.25, -0.2) is 0 Å². The number of fused-ring (bicyclic) bond motifs is 1. The van der Waals surface area contributed by atoms with Gasteiger partial charge in [-0.05, 0) is 30.0 Å². The first-order valence-electron chi connectivity index (χ1n) is 6.81. The third-order valence-corrected chi connectivity index (χ3v) is 3.50. The fourth-order valence-corrected chi connectivity index (χ4v) is 2.46. The van der Waals surface area contributed by atoms with Crippen LogP contribution < -0.4 is 5.32 Å². The molecule has 1 aliphatic heterocycles. The Bertz CT molecular complexity index is 560. The zero-order valence-electron chi connectivity index (χ0n) is 10.9. The van der Waals surface area contributed by atoms with Gasteiger partial charge >= 0.3 is 0 Å². The number of rotatable bonds is 3. The van der Waals surface area contributed by atoms with E-state index in [1.807, 2.05) is 24.4 Å². The molecule has 2 aromatic carbocycles. The van der Waals surface area contributed by atoms with Crippen LogP contribution in [0.4, 0.5) is 5.69 Å². The molecule has 0 radical (unpaired) electrons. The average Bonchev–Trinajstić information content (AvgIpc) is 2.48. The fraction of sp³-hybridized carbons (Fsp3) is 0.235. The summed E-state index contributed by atoms with van der Waals surface area (Å²) in [5.41, 5.74) is 3.86. The molecule has 1 heterocycles. The molecule has 3 rings (SSSR count). The number of nitrogens with zero attached hydrogens (tertiary/aromatic N) is 1. The standard InChI is InChI=1S/C17H18N2/c1-2-6-14(7-3-1)12-18-13-16-11-10-15-8-4-5-9-17(15)19-16/h1-9,12,16,19H,10-11,13H2. The second-order valence-corrected chi connectivity index (χ2v) is 4.94. The van der Waals surface area contributed by atoms with Gasteiger partial charge in [-0.1, -0.05) is 48.5 Å². The largest absolute Gasteiger partial charge is 0.380 e. The van der Waals surface area contributed by atoms with Crippen LogP contribution in [0.1, 0.15) is 17.5 Å². The van der Waals surface area contributed by atoms with E-state index in [1.165, 1.54) is 16.8 Å². The zero-order chi connectivity index (χ0) is 12.9. The van der Waals surface area contributed by atoms with Crippen LogP contribution in [0.25, 0.3) is 0 Å². The summed E-state index contributed by atoms with van der Waals surface area (Å²) in [5, 5.41) is 3.57. The summed E-state index contributed by atoms with van der Waals surface area (Å²) in [6.07, 6.45) is 4.26. The van der Waals surface area contributed by atoms with Crippen molar-refractivity contribution < 1.29 is 0 Å². The predicted molar refractivity (Wildman–Crippen MR) is 81.1 cm³/mol. The van der Waals surface area contributed by atoms with Crippen molar-refractivity contribution in [2.45, 2.75) is 18.9 Å². The first-order chi connectivity index (χ1) is 9.42. The molecule has 0 saturated carbocycles. The lowest BCUT2D eigenvalue weighted by Crippen LogP contribution is -2.28. The molecule has 96 valence electrons. The fourth-order valence-electron chi connectivity index (χ4n) is 2.46. The highest BCUT2D eigenvalue weighted by molar-refractivity contribution is 5.79. The van der Waals surface area contributed by atoms with E-state index in [-0.39, 0.29) is 0 Å². The van der Waals surface area contributed by atoms with Crippen molar-refractivity contribution in [2.24, 2.45) is 4.99 Å². The first-order valence-corrected chi connectivity index (χ1v) is 6.81. The lowest BCUT2D eigenvalue weighted by atomic mass is 9.98. The molecule has 0 spiro atoms. The van der Waals surface area contributed by atoms with Crippen LogP contribution in [0.5, 0.6) is 0 Å². The van der Waals surface area contributed by atoms with E-state index >= 15 is 0 Å². The highest BCUT2D eigenvalue weighted by atomic mass is 15.0. The highest BCUT2D eigenvalue weighted by Gasteiger charge is 2.15. The minimum absolute atomic E-state index is 0.454. The van der Waals surface area contributed by atoms with Crippen molar-refractivity contribution in [3.8, 4) is 0 Å². The van der Waals surface area contributed by atoms with Crippen LogP contribution in [0.3, 0.4) is 0 Å². The zero-order valence-corrected chi connectivity index (χ0v) is 10.9. The van der Waals surface area contributed by atoms with Crippen molar-refractivity contribution in [3.63, 3.8) is 0 Å². The SMILES string of the molecule is C(=NCC1CCc2ccccc2N1)c1ccccc1. The first kappa shape index (κ1) is 12.0. The molecular formula is C17H18N2. The van der Waals surface area contributed by atoms with E-state index in [9.17, 15) is 0 Å². The van der Waals surface area contributed by atoms with Gasteiger partial charge in [0.25, 0.3) is 0 Å². The van der Waals surface area contributed by atoms with Gasteiger partial charge in [-0.15, -0.1) is 0 Å². The third kappa shape index (κ3) is 3.02. The Morgan fingerprint density at radius 1 is 1.05 bits per heavy atom. The number of aliphatic imine (C=N–C) groups is 1. The Morgan fingerprint density at radius 3 is 2.74 bits per heavy atom. The normalized spacial score (nSPS) is 18.0. The number of nitrogens with one attached hydrogen (secondary N) is 1. The minimum Gasteiger partial charge on any atom is -0.380 e. The van der Waals surface area contributed by atoms with Crippen molar-refractivity contribution >= 4 is 11.9 Å². The molecule has 1 atom stereocenters. The molecule has 2 aromatic rings. The van der Waals surface area contributed by atoms with E-state index in [0.717, 1.165) is 19.4 Å². The molecule has 0 aliphatic carbocycles. The quantitative estimate of drug-likeness (QED) is 0.828. The molecule has 0 saturated heterocycles. The maximum absolute atomic E-state index is 4.55. The average molecular weight is 250 g/mol. The number of anilines is 1. The number of hydrogen-bond acceptors (Lipinski definition) is 2. The number of aryl methyl sites for hydroxylation is 1. The number of hydrogen-bond donors (Lipinski definition) is 1. The minimum atomic E-state index is 0.454. The maximum atomic E-state index is 4.55. The number of benzene rings is 2. The van der Waals surface area contributed by atoms with Gasteiger partial charge in [0.05, 0.1) is 6.54 Å². The van der Waals surface area contributed by atoms with E-state index in [2.05, 4.69) is 46.7 Å². The second kappa shape index (κ2) is 5.70. The smallest absolute Gasteiger partial charge is 0.0591 e. The number of para-hydroxylation sites is 1. The van der Waals surface area contributed by atoms with Gasteiger partial charge in [0, 0.05) is 17.9 Å². The van der Waals surface area contributed by atoms with Gasteiger partial charge < -0.3 is 5.32 Å². The van der Waals surface area contributed by atoms with E-state index in [1.54, 1.807) is 0 Å². The molecule has 0 aromatic heterocycles. The summed E-state index contributed by atoms with van der Waals surface area (Å²) in [7, 11) is 0. The molecule has 2 nitrogen and oxygen atoms in total. The summed E-state index contributed by atoms with van der Waals surface area (Å²) in [5.74, 6) is 0. The molecule has 1 unspecified atom stereocenters. The molecule has 1 aliphatic rings. The van der Waals surface area contributed by atoms with E-state index in [0.29, 0.717) is 6.04 Å². The van der Waals surface area contributed by atoms with Gasteiger partial charge in [0.1, 0.15) is 0 Å². The van der Waals surface area contributed by atoms with Crippen molar-refractivity contribution in [1.82, 2.24) is 0 Å². The van der Waals surface area contributed by atoms with Crippen LogP contribution in [-0.4, -0.2) is 18.8 Å². The monoisotopic (exact) mass is 250 g/mol. The van der Waals surface area contributed by atoms with E-state index in [4.69, 9.17) is 0 Å². The third-order valence-electron chi connectivity index (χ3n) is 3.50. The van der Waals surface area contributed by atoms with Crippen LogP contribution >= 0.6 is 0 Å². The van der Waals surface area contributed by atoms with Crippen molar-refractivity contribution in [2.75, 3.05) is 11.9 Å². The van der Waals surface area contributed by atoms with Crippen LogP contribution in [0, 0.1) is 0 Å². The predicted octanol–water partition coefficient (Wildman–Crippen LogP) is 3.53. The van der Waals surface area contributed by atoms with Gasteiger partial charge in [-0.3, -0.25) is 4.99 Å². The molecule has 0 fully saturated rings. The van der Waals surface area contributed by atoms with Crippen LogP contribution in [0.15, 0.2) is 59.6 Å². The summed E-state index contributed by atoms with van der Waals surface area (Å²) < 4.78 is 0. The molecular weight excluding hydrogens is 232 g/mol. The highest BCUT2D eigenvalue weighted by Crippen LogP contribution is 2.24. The summed E-state index contributed by atoms with van der Waals surface area (Å²) in [4.78, 5) is 4.55. The maximum Gasteiger partial charge on any atom is 0.0591 e. The Kier molecular flexibility index (Phi) is 3.59. The van der Waals surface area contributed by atoms with Gasteiger partial charge in [-0.2, -0.15) is 0 Å². The van der Waals surface area contributed by atoms with Crippen LogP contribution in [-0.2, 0) is 6.42 Å². The topological polar surface area (TPSA) is 24.4 Å². The van der Waals surface area contributed by atoms with Crippen molar-refractivity contribution in [1.29, 1.82) is 0 Å². The Hall–Kier alpha value is -2.09. The molecule has 2 heteroatoms. The van der Waals surface area contributed by atoms with Crippen molar-refractivity contribution in [3.05, 3.63) is 65.7 Å². The summed E-state index contributed by atoms with van der Waals surface area (Å²) in [6, 6.07) is 19.3. The van der Waals surface area contributed by atoms with Gasteiger partial charge in [0.15, 0.2) is 0 Å². The molecule has 19 heavy (non-hydrogen) atoms. The van der Waals surface area contributed by atoms with Gasteiger partial charge in [0.2, 0.25) is 0 Å². The molecule has 0 amide bonds. The Balaban J connectivity index is 1.59. The lowest BCUT2D eigenvalue weighted by Gasteiger charge is -2.25. The lowest BCUT2D eigenvalue weighted by molar-refractivity contribution is 0.641. The van der Waals surface area contributed by atoms with Crippen LogP contribution in [0.2, 0.25) is 0 Å². The van der Waals surface area contributed by atoms with E-state index < -0.39 is 0 Å². The summed E-state index contributed by atoms with van der Waals surface area (Å²) >= 11 is 0. The summed E-state index contributed by atoms with van der Waals surface area (Å²) in [6.45, 7) is 0.837.